The number of aromatic nitrogens is 2. The zero-order valence-electron chi connectivity index (χ0n) is 13.8. The summed E-state index contributed by atoms with van der Waals surface area (Å²) in [5.74, 6) is -0.0836. The molecule has 0 aliphatic carbocycles. The summed E-state index contributed by atoms with van der Waals surface area (Å²) in [4.78, 5) is 12.5. The van der Waals surface area contributed by atoms with Crippen molar-refractivity contribution >= 4 is 17.9 Å². The van der Waals surface area contributed by atoms with Crippen molar-refractivity contribution in [2.45, 2.75) is 13.2 Å². The number of hydrogen-bond donors (Lipinski definition) is 0. The molecule has 3 aromatic rings. The Labute approximate surface area is 153 Å². The second-order valence-corrected chi connectivity index (χ2v) is 6.11. The van der Waals surface area contributed by atoms with Gasteiger partial charge in [0.2, 0.25) is 5.89 Å². The number of hydrogen-bond acceptors (Lipinski definition) is 6. The van der Waals surface area contributed by atoms with Gasteiger partial charge in [0.1, 0.15) is 5.82 Å². The van der Waals surface area contributed by atoms with Gasteiger partial charge in [0.05, 0.1) is 11.6 Å². The van der Waals surface area contributed by atoms with Gasteiger partial charge in [0, 0.05) is 24.2 Å². The molecule has 0 spiro atoms. The van der Waals surface area contributed by atoms with Crippen LogP contribution in [0.25, 0.3) is 11.5 Å². The smallest absolute Gasteiger partial charge is 0.288 e. The maximum atomic E-state index is 13.3. The van der Waals surface area contributed by atoms with Gasteiger partial charge in [0.15, 0.2) is 0 Å². The third-order valence-corrected chi connectivity index (χ3v) is 3.92. The molecule has 0 amide bonds. The molecule has 0 radical (unpaired) electrons. The van der Waals surface area contributed by atoms with E-state index in [1.54, 1.807) is 18.2 Å². The number of nitro groups is 1. The molecule has 134 valence electrons. The summed E-state index contributed by atoms with van der Waals surface area (Å²) in [5, 5.41) is 15.2. The monoisotopic (exact) mass is 374 g/mol. The van der Waals surface area contributed by atoms with Crippen LogP contribution in [0.3, 0.4) is 0 Å². The van der Waals surface area contributed by atoms with Gasteiger partial charge in [0.25, 0.3) is 10.5 Å². The molecule has 1 heterocycles. The van der Waals surface area contributed by atoms with E-state index in [0.717, 1.165) is 5.56 Å². The molecule has 0 saturated carbocycles. The first-order valence-corrected chi connectivity index (χ1v) is 8.09. The van der Waals surface area contributed by atoms with Crippen molar-refractivity contribution in [1.29, 1.82) is 0 Å². The minimum Gasteiger partial charge on any atom is -0.409 e. The Bertz CT molecular complexity index is 1000. The highest BCUT2D eigenvalue weighted by molar-refractivity contribution is 7.71. The highest BCUT2D eigenvalue weighted by Crippen LogP contribution is 2.22. The predicted molar refractivity (Wildman–Crippen MR) is 95.3 cm³/mol. The van der Waals surface area contributed by atoms with Crippen molar-refractivity contribution in [2.75, 3.05) is 7.05 Å². The van der Waals surface area contributed by atoms with Crippen molar-refractivity contribution in [3.63, 3.8) is 0 Å². The first-order valence-electron chi connectivity index (χ1n) is 7.68. The van der Waals surface area contributed by atoms with Crippen LogP contribution in [0.4, 0.5) is 10.1 Å². The predicted octanol–water partition coefficient (Wildman–Crippen LogP) is 4.01. The minimum atomic E-state index is -0.484. The molecule has 0 fully saturated rings. The molecule has 0 bridgehead atoms. The second kappa shape index (κ2) is 7.54. The van der Waals surface area contributed by atoms with E-state index in [1.807, 2.05) is 18.0 Å². The molecule has 7 nitrogen and oxygen atoms in total. The van der Waals surface area contributed by atoms with Crippen molar-refractivity contribution in [3.8, 4) is 11.5 Å². The van der Waals surface area contributed by atoms with Crippen molar-refractivity contribution in [2.24, 2.45) is 0 Å². The maximum Gasteiger partial charge on any atom is 0.288 e. The van der Waals surface area contributed by atoms with Crippen molar-refractivity contribution < 1.29 is 13.7 Å². The van der Waals surface area contributed by atoms with E-state index in [1.165, 1.54) is 28.9 Å². The average molecular weight is 374 g/mol. The van der Waals surface area contributed by atoms with Gasteiger partial charge in [-0.1, -0.05) is 18.2 Å². The van der Waals surface area contributed by atoms with Crippen LogP contribution in [0.1, 0.15) is 5.56 Å². The maximum absolute atomic E-state index is 13.3. The highest BCUT2D eigenvalue weighted by Gasteiger charge is 2.13. The fraction of sp³-hybridized carbons (Fsp3) is 0.176. The molecule has 0 N–H and O–H groups in total. The highest BCUT2D eigenvalue weighted by atomic mass is 32.1. The summed E-state index contributed by atoms with van der Waals surface area (Å²) < 4.78 is 20.2. The summed E-state index contributed by atoms with van der Waals surface area (Å²) in [5.41, 5.74) is 1.24. The van der Waals surface area contributed by atoms with E-state index in [2.05, 4.69) is 5.10 Å². The zero-order chi connectivity index (χ0) is 18.7. The Morgan fingerprint density at radius 3 is 2.81 bits per heavy atom. The first-order chi connectivity index (χ1) is 12.4. The van der Waals surface area contributed by atoms with Crippen LogP contribution in [0, 0.1) is 20.8 Å². The lowest BCUT2D eigenvalue weighted by Gasteiger charge is -2.15. The summed E-state index contributed by atoms with van der Waals surface area (Å²) >= 11 is 5.17. The lowest BCUT2D eigenvalue weighted by atomic mass is 10.2. The molecule has 2 aromatic carbocycles. The van der Waals surface area contributed by atoms with E-state index >= 15 is 0 Å². The van der Waals surface area contributed by atoms with E-state index in [9.17, 15) is 14.5 Å². The third-order valence-electron chi connectivity index (χ3n) is 3.63. The Balaban J connectivity index is 1.77. The number of nitro benzene ring substituents is 1. The Hall–Kier alpha value is -2.91. The topological polar surface area (TPSA) is 77.3 Å². The van der Waals surface area contributed by atoms with Crippen molar-refractivity contribution in [3.05, 3.63) is 74.9 Å². The lowest BCUT2D eigenvalue weighted by molar-refractivity contribution is -0.384. The van der Waals surface area contributed by atoms with E-state index < -0.39 is 4.92 Å². The van der Waals surface area contributed by atoms with Gasteiger partial charge >= 0.3 is 0 Å². The number of halogens is 1. The van der Waals surface area contributed by atoms with E-state index in [0.29, 0.717) is 18.8 Å². The summed E-state index contributed by atoms with van der Waals surface area (Å²) in [6, 6.07) is 12.3. The van der Waals surface area contributed by atoms with Gasteiger partial charge < -0.3 is 4.42 Å². The fourth-order valence-electron chi connectivity index (χ4n) is 2.49. The van der Waals surface area contributed by atoms with E-state index in [-0.39, 0.29) is 22.2 Å². The van der Waals surface area contributed by atoms with Gasteiger partial charge in [-0.15, -0.1) is 5.10 Å². The fourth-order valence-corrected chi connectivity index (χ4v) is 2.67. The average Bonchev–Trinajstić information content (AvgIpc) is 2.95. The molecule has 26 heavy (non-hydrogen) atoms. The molecule has 0 unspecified atom stereocenters. The van der Waals surface area contributed by atoms with Gasteiger partial charge in [-0.25, -0.2) is 9.07 Å². The Morgan fingerprint density at radius 1 is 1.31 bits per heavy atom. The summed E-state index contributed by atoms with van der Waals surface area (Å²) in [6.07, 6.45) is 0. The quantitative estimate of drug-likeness (QED) is 0.369. The summed E-state index contributed by atoms with van der Waals surface area (Å²) in [7, 11) is 1.84. The van der Waals surface area contributed by atoms with Gasteiger partial charge in [-0.2, -0.15) is 0 Å². The molecule has 0 aliphatic rings. The third kappa shape index (κ3) is 4.19. The standard InChI is InChI=1S/C17H15FN4O3S/c1-20(10-12-4-2-6-14(18)8-12)11-21-17(26)25-16(19-21)13-5-3-7-15(9-13)22(23)24/h2-9H,10-11H2,1H3. The molecular weight excluding hydrogens is 359 g/mol. The Kier molecular flexibility index (Phi) is 5.19. The zero-order valence-corrected chi connectivity index (χ0v) is 14.6. The van der Waals surface area contributed by atoms with Gasteiger partial charge in [-0.05, 0) is 43.0 Å². The van der Waals surface area contributed by atoms with Crippen LogP contribution in [0.5, 0.6) is 0 Å². The molecule has 9 heteroatoms. The summed E-state index contributed by atoms with van der Waals surface area (Å²) in [6.45, 7) is 0.826. The van der Waals surface area contributed by atoms with Crippen LogP contribution in [-0.4, -0.2) is 26.7 Å². The Morgan fingerprint density at radius 2 is 2.08 bits per heavy atom. The molecule has 0 saturated heterocycles. The lowest BCUT2D eigenvalue weighted by Crippen LogP contribution is -2.22. The SMILES string of the molecule is CN(Cc1cccc(F)c1)Cn1nc(-c2cccc([N+](=O)[O-])c2)oc1=S. The van der Waals surface area contributed by atoms with Crippen LogP contribution in [0.2, 0.25) is 0 Å². The molecule has 0 aliphatic heterocycles. The minimum absolute atomic E-state index is 0.0543. The van der Waals surface area contributed by atoms with E-state index in [4.69, 9.17) is 16.6 Å². The van der Waals surface area contributed by atoms with Crippen LogP contribution >= 0.6 is 12.2 Å². The van der Waals surface area contributed by atoms with Gasteiger partial charge in [-0.3, -0.25) is 15.0 Å². The molecular formula is C17H15FN4O3S. The second-order valence-electron chi connectivity index (χ2n) is 5.77. The first kappa shape index (κ1) is 17.9. The largest absolute Gasteiger partial charge is 0.409 e. The van der Waals surface area contributed by atoms with Crippen molar-refractivity contribution in [1.82, 2.24) is 14.7 Å². The number of non-ortho nitro benzene ring substituents is 1. The normalized spacial score (nSPS) is 11.0. The number of benzene rings is 2. The number of nitrogens with zero attached hydrogens (tertiary/aromatic N) is 4. The molecule has 3 rings (SSSR count). The molecule has 0 atom stereocenters. The molecule has 1 aromatic heterocycles. The number of rotatable bonds is 6. The van der Waals surface area contributed by atoms with Crippen LogP contribution in [0.15, 0.2) is 52.9 Å². The van der Waals surface area contributed by atoms with Crippen LogP contribution < -0.4 is 0 Å². The van der Waals surface area contributed by atoms with Crippen LogP contribution in [-0.2, 0) is 13.2 Å².